The second-order valence-corrected chi connectivity index (χ2v) is 20.4. The second-order valence-electron chi connectivity index (χ2n) is 20.4. The number of rotatable bonds is 18. The molecule has 0 radical (unpaired) electrons. The van der Waals surface area contributed by atoms with E-state index in [1.165, 1.54) is 9.80 Å². The highest BCUT2D eigenvalue weighted by Gasteiger charge is 2.46. The van der Waals surface area contributed by atoms with Crippen LogP contribution in [0.3, 0.4) is 0 Å². The molecule has 0 saturated heterocycles. The Bertz CT molecular complexity index is 4070. The number of carbonyl (C=O) groups excluding carboxylic acids is 4. The first-order valence-electron chi connectivity index (χ1n) is 26.7. The van der Waals surface area contributed by atoms with Crippen molar-refractivity contribution in [3.05, 3.63) is 273 Å². The van der Waals surface area contributed by atoms with E-state index in [9.17, 15) is 19.2 Å². The summed E-state index contributed by atoms with van der Waals surface area (Å²) < 4.78 is 23.9. The number of imide groups is 2. The van der Waals surface area contributed by atoms with Gasteiger partial charge in [0, 0.05) is 11.1 Å². The van der Waals surface area contributed by atoms with Gasteiger partial charge in [-0.05, 0) is 161 Å². The van der Waals surface area contributed by atoms with Crippen LogP contribution in [0, 0.1) is 37.5 Å². The molecule has 0 bridgehead atoms. The van der Waals surface area contributed by atoms with Gasteiger partial charge >= 0.3 is 0 Å². The molecule has 82 heavy (non-hydrogen) atoms. The number of nitrogens with zero attached hydrogens (tertiary/aromatic N) is 2. The largest absolute Gasteiger partial charge is 0.482 e. The van der Waals surface area contributed by atoms with Crippen LogP contribution in [-0.2, 0) is 21.3 Å². The van der Waals surface area contributed by atoms with Crippen LogP contribution in [0.4, 0.5) is 11.4 Å². The van der Waals surface area contributed by atoms with Crippen LogP contribution in [0.25, 0.3) is 23.3 Å². The highest BCUT2D eigenvalue weighted by atomic mass is 16.5. The fourth-order valence-electron chi connectivity index (χ4n) is 11.2. The van der Waals surface area contributed by atoms with Crippen LogP contribution in [0.2, 0.25) is 0 Å². The van der Waals surface area contributed by atoms with Gasteiger partial charge in [-0.15, -0.1) is 12.8 Å². The number of allylic oxidation sites excluding steroid dienone is 2. The smallest absolute Gasteiger partial charge is 0.266 e. The summed E-state index contributed by atoms with van der Waals surface area (Å²) in [6.07, 6.45) is 18.4. The van der Waals surface area contributed by atoms with E-state index in [4.69, 9.17) is 31.8 Å². The Balaban J connectivity index is 0.865. The molecule has 2 aliphatic heterocycles. The van der Waals surface area contributed by atoms with Crippen molar-refractivity contribution in [1.82, 2.24) is 0 Å². The highest BCUT2D eigenvalue weighted by molar-refractivity contribution is 6.36. The van der Waals surface area contributed by atoms with Crippen molar-refractivity contribution in [2.45, 2.75) is 32.6 Å². The minimum absolute atomic E-state index is 0.0611. The molecule has 0 N–H and O–H groups in total. The van der Waals surface area contributed by atoms with Gasteiger partial charge in [0.05, 0.1) is 39.0 Å². The van der Waals surface area contributed by atoms with Gasteiger partial charge in [-0.2, -0.15) is 0 Å². The van der Waals surface area contributed by atoms with Gasteiger partial charge in [0.2, 0.25) is 0 Å². The quantitative estimate of drug-likeness (QED) is 0.0361. The lowest BCUT2D eigenvalue weighted by atomic mass is 9.68. The highest BCUT2D eigenvalue weighted by Crippen LogP contribution is 2.56. The topological polar surface area (TPSA) is 112 Å². The molecule has 0 fully saturated rings. The number of fused-ring (bicyclic) bond motifs is 5. The van der Waals surface area contributed by atoms with E-state index in [1.807, 2.05) is 67.6 Å². The zero-order valence-corrected chi connectivity index (χ0v) is 45.4. The number of terminal acetylenes is 2. The van der Waals surface area contributed by atoms with Crippen LogP contribution in [0.15, 0.2) is 207 Å². The maximum atomic E-state index is 14.4. The predicted molar refractivity (Wildman–Crippen MR) is 321 cm³/mol. The average Bonchev–Trinajstić information content (AvgIpc) is 3.59. The van der Waals surface area contributed by atoms with Gasteiger partial charge < -0.3 is 18.9 Å². The lowest BCUT2D eigenvalue weighted by Crippen LogP contribution is -2.30. The number of anilines is 2. The number of amides is 4. The molecule has 11 rings (SSSR count). The molecule has 4 amide bonds. The number of hydrogen-bond donors (Lipinski definition) is 0. The van der Waals surface area contributed by atoms with Crippen molar-refractivity contribution < 1.29 is 38.1 Å². The molecule has 10 nitrogen and oxygen atoms in total. The van der Waals surface area contributed by atoms with Gasteiger partial charge in [-0.25, -0.2) is 9.80 Å². The molecule has 1 aliphatic carbocycles. The van der Waals surface area contributed by atoms with Gasteiger partial charge in [0.25, 0.3) is 23.6 Å². The number of aryl methyl sites for hydroxylation is 1. The first-order chi connectivity index (χ1) is 39.8. The van der Waals surface area contributed by atoms with Gasteiger partial charge in [-0.3, -0.25) is 19.2 Å². The molecule has 0 atom stereocenters. The Morgan fingerprint density at radius 2 is 0.939 bits per heavy atom. The van der Waals surface area contributed by atoms with Crippen molar-refractivity contribution in [3.8, 4) is 58.8 Å². The van der Waals surface area contributed by atoms with E-state index < -0.39 is 29.0 Å². The summed E-state index contributed by atoms with van der Waals surface area (Å²) in [5, 5.41) is 0. The van der Waals surface area contributed by atoms with Crippen LogP contribution in [0.1, 0.15) is 99.8 Å². The third-order valence-electron chi connectivity index (χ3n) is 14.9. The Morgan fingerprint density at radius 3 is 1.41 bits per heavy atom. The lowest BCUT2D eigenvalue weighted by molar-refractivity contribution is 0.0910. The Hall–Kier alpha value is -10.7. The lowest BCUT2D eigenvalue weighted by Gasteiger charge is -2.34. The minimum Gasteiger partial charge on any atom is -0.482 e. The normalized spacial score (nSPS) is 13.7. The monoisotopic (exact) mass is 1070 g/mol. The maximum Gasteiger partial charge on any atom is 0.266 e. The van der Waals surface area contributed by atoms with Gasteiger partial charge in [0.1, 0.15) is 47.7 Å². The standard InChI is InChI=1S/C72H54N2O8/c1-8-40-79-47(6)24-36-56-46(5)16-14-22-66(56)73-68(75)60-38-34-54(43-62(60)70(73)77)81-52-30-26-50(27-31-52)72(64-20-12-10-18-58(64)59-19-11-13-21-65(59)72)51-28-32-53(33-29-51)82-55-35-39-61-63(44-55)71(78)74(69(61)76)67-23-15-17-49(42-45(3)4)57(67)37-25-48(7)80-41-9-2/h1-2,10-39,43-45H,6-7,40-42H2,3-5H3/b36-24-,37-25-. The van der Waals surface area contributed by atoms with Crippen molar-refractivity contribution >= 4 is 47.2 Å². The molecular weight excluding hydrogens is 1020 g/mol. The molecule has 0 unspecified atom stereocenters. The Labute approximate surface area is 476 Å². The number of benzene rings is 8. The zero-order valence-electron chi connectivity index (χ0n) is 45.4. The van der Waals surface area contributed by atoms with Gasteiger partial charge in [-0.1, -0.05) is 136 Å². The first-order valence-corrected chi connectivity index (χ1v) is 26.7. The summed E-state index contributed by atoms with van der Waals surface area (Å²) in [4.78, 5) is 59.0. The molecule has 8 aromatic rings. The third-order valence-corrected chi connectivity index (χ3v) is 14.9. The third kappa shape index (κ3) is 9.63. The second kappa shape index (κ2) is 22.2. The first kappa shape index (κ1) is 53.3. The molecule has 2 heterocycles. The predicted octanol–water partition coefficient (Wildman–Crippen LogP) is 15.1. The summed E-state index contributed by atoms with van der Waals surface area (Å²) in [5.41, 5.74) is 10.6. The molecular formula is C72H54N2O8. The van der Waals surface area contributed by atoms with Crippen molar-refractivity contribution in [2.24, 2.45) is 5.92 Å². The van der Waals surface area contributed by atoms with Crippen LogP contribution in [0.5, 0.6) is 23.0 Å². The van der Waals surface area contributed by atoms with E-state index in [0.29, 0.717) is 69.4 Å². The van der Waals surface area contributed by atoms with E-state index in [1.54, 1.807) is 72.8 Å². The number of ether oxygens (including phenoxy) is 4. The fraction of sp³-hybridized carbons (Fsp3) is 0.111. The molecule has 0 spiro atoms. The summed E-state index contributed by atoms with van der Waals surface area (Å²) in [6, 6.07) is 53.6. The van der Waals surface area contributed by atoms with E-state index in [-0.39, 0.29) is 35.5 Å². The summed E-state index contributed by atoms with van der Waals surface area (Å²) in [6.45, 7) is 14.1. The van der Waals surface area contributed by atoms with Crippen molar-refractivity contribution in [1.29, 1.82) is 0 Å². The van der Waals surface area contributed by atoms with Crippen LogP contribution in [-0.4, -0.2) is 36.8 Å². The number of carbonyl (C=O) groups is 4. The Kier molecular flexibility index (Phi) is 14.5. The van der Waals surface area contributed by atoms with Crippen LogP contribution >= 0.6 is 0 Å². The molecule has 3 aliphatic rings. The van der Waals surface area contributed by atoms with E-state index >= 15 is 0 Å². The Morgan fingerprint density at radius 1 is 0.512 bits per heavy atom. The molecule has 10 heteroatoms. The van der Waals surface area contributed by atoms with Crippen LogP contribution < -0.4 is 19.3 Å². The summed E-state index contributed by atoms with van der Waals surface area (Å²) in [5.74, 6) is 5.87. The zero-order chi connectivity index (χ0) is 57.2. The molecule has 0 aromatic heterocycles. The molecule has 8 aromatic carbocycles. The SMILES string of the molecule is C#CCOC(=C)/C=C\c1c(C)cccc1N1C(=O)c2ccc(Oc3ccc(C4(c5ccc(Oc6ccc7c(c6)C(=O)N(c6cccc(CC(C)C)c6/C=C\C(=C)OCC#C)C7=O)cc5)c5ccccc5-c5ccccc54)cc3)cc2C1=O. The molecule has 400 valence electrons. The van der Waals surface area contributed by atoms with Gasteiger partial charge in [0.15, 0.2) is 0 Å². The minimum atomic E-state index is -0.772. The average molecular weight is 1080 g/mol. The van der Waals surface area contributed by atoms with E-state index in [2.05, 4.69) is 99.5 Å². The maximum absolute atomic E-state index is 14.4. The van der Waals surface area contributed by atoms with Crippen molar-refractivity contribution in [3.63, 3.8) is 0 Å². The number of hydrogen-bond acceptors (Lipinski definition) is 8. The fourth-order valence-corrected chi connectivity index (χ4v) is 11.2. The molecule has 0 saturated carbocycles. The summed E-state index contributed by atoms with van der Waals surface area (Å²) in [7, 11) is 0. The van der Waals surface area contributed by atoms with Crippen molar-refractivity contribution in [2.75, 3.05) is 23.0 Å². The van der Waals surface area contributed by atoms with E-state index in [0.717, 1.165) is 44.5 Å². The summed E-state index contributed by atoms with van der Waals surface area (Å²) >= 11 is 0.